The lowest BCUT2D eigenvalue weighted by Crippen LogP contribution is -2.78. The van der Waals surface area contributed by atoms with Gasteiger partial charge in [0.1, 0.15) is 12.2 Å². The molecule has 236 valence electrons. The Kier molecular flexibility index (Phi) is 9.56. The highest BCUT2D eigenvalue weighted by Crippen LogP contribution is 2.56. The summed E-state index contributed by atoms with van der Waals surface area (Å²) >= 11 is 0. The Labute approximate surface area is 246 Å². The third-order valence-corrected chi connectivity index (χ3v) is 7.60. The van der Waals surface area contributed by atoms with E-state index < -0.39 is 77.8 Å². The number of carboxylic acids is 3. The van der Waals surface area contributed by atoms with Crippen LogP contribution >= 0.6 is 0 Å². The Balaban J connectivity index is 2.04. The minimum Gasteiger partial charge on any atom is -0.479 e. The second kappa shape index (κ2) is 12.3. The third kappa shape index (κ3) is 5.80. The molecular formula is C28H35NO14. The highest BCUT2D eigenvalue weighted by Gasteiger charge is 2.86. The molecule has 15 nitrogen and oxygen atoms in total. The van der Waals surface area contributed by atoms with Crippen LogP contribution in [0.1, 0.15) is 32.3 Å². The van der Waals surface area contributed by atoms with Crippen molar-refractivity contribution in [2.75, 3.05) is 14.1 Å². The highest BCUT2D eigenvalue weighted by atomic mass is 16.8. The molecule has 2 aliphatic rings. The first-order chi connectivity index (χ1) is 19.9. The van der Waals surface area contributed by atoms with Gasteiger partial charge in [-0.15, -0.1) is 0 Å². The molecule has 0 radical (unpaired) electrons. The minimum absolute atomic E-state index is 0.240. The van der Waals surface area contributed by atoms with Crippen molar-refractivity contribution < 1.29 is 68.5 Å². The zero-order chi connectivity index (χ0) is 32.5. The molecule has 2 saturated heterocycles. The molecule has 2 aliphatic heterocycles. The summed E-state index contributed by atoms with van der Waals surface area (Å²) in [5, 5.41) is 52.6. The number of carbonyl (C=O) groups excluding carboxylic acids is 2. The molecule has 2 fully saturated rings. The van der Waals surface area contributed by atoms with Crippen molar-refractivity contribution in [2.24, 2.45) is 5.92 Å². The summed E-state index contributed by atoms with van der Waals surface area (Å²) in [4.78, 5) is 62.5. The number of fused-ring (bicyclic) bond motifs is 2. The number of carboxylic acid groups (broad SMARTS) is 3. The molecule has 2 heterocycles. The molecule has 0 aliphatic carbocycles. The molecule has 4 unspecified atom stereocenters. The lowest BCUT2D eigenvalue weighted by molar-refractivity contribution is -0.374. The second-order valence-electron chi connectivity index (χ2n) is 10.9. The van der Waals surface area contributed by atoms with E-state index in [9.17, 15) is 49.5 Å². The molecule has 43 heavy (non-hydrogen) atoms. The van der Waals surface area contributed by atoms with E-state index in [1.165, 1.54) is 21.0 Å². The molecule has 0 saturated carbocycles. The average molecular weight is 610 g/mol. The number of aliphatic hydroxyl groups is 2. The molecule has 1 aromatic rings. The average Bonchev–Trinajstić information content (AvgIpc) is 3.14. The number of ether oxygens (including phenoxy) is 4. The van der Waals surface area contributed by atoms with Crippen LogP contribution in [-0.4, -0.2) is 116 Å². The predicted octanol–water partition coefficient (Wildman–Crippen LogP) is 0.410. The topological polar surface area (TPSA) is 227 Å². The van der Waals surface area contributed by atoms with Crippen LogP contribution in [0.4, 0.5) is 4.79 Å². The van der Waals surface area contributed by atoms with Gasteiger partial charge in [0.25, 0.3) is 5.60 Å². The van der Waals surface area contributed by atoms with Crippen LogP contribution in [0.15, 0.2) is 42.5 Å². The van der Waals surface area contributed by atoms with Crippen molar-refractivity contribution in [1.82, 2.24) is 4.90 Å². The summed E-state index contributed by atoms with van der Waals surface area (Å²) in [5.74, 6) is -10.3. The fraction of sp³-hybridized carbons (Fsp3) is 0.536. The zero-order valence-corrected chi connectivity index (χ0v) is 24.0. The second-order valence-corrected chi connectivity index (χ2v) is 10.9. The molecule has 0 spiro atoms. The highest BCUT2D eigenvalue weighted by molar-refractivity contribution is 5.98. The van der Waals surface area contributed by atoms with Gasteiger partial charge in [0.05, 0.1) is 0 Å². The molecule has 8 atom stereocenters. The normalized spacial score (nSPS) is 30.9. The van der Waals surface area contributed by atoms with Crippen molar-refractivity contribution in [1.29, 1.82) is 0 Å². The van der Waals surface area contributed by atoms with E-state index in [-0.39, 0.29) is 17.9 Å². The van der Waals surface area contributed by atoms with Crippen molar-refractivity contribution in [3.8, 4) is 0 Å². The summed E-state index contributed by atoms with van der Waals surface area (Å²) in [6.45, 7) is 6.96. The number of benzene rings is 1. The standard InChI is InChI=1S/C28H35NO14/c1-14(18(40-16(3)30)15(2)13-17-9-7-6-8-10-17)11-12-26-19(31)20(41-25(38)29(4)5)28(43-26,24(36)37)27(39,23(34)35)21(42-26)22(32)33/h6-10,15,18-21,31,39H,1,11-13H2,2-5H3,(H,32,33)(H,34,35)(H,36,37)/t15-,18-,19-,20-,21?,26?,27?,28?/m1/s1. The lowest BCUT2D eigenvalue weighted by atomic mass is 9.74. The van der Waals surface area contributed by atoms with Gasteiger partial charge in [-0.05, 0) is 24.0 Å². The lowest BCUT2D eigenvalue weighted by Gasteiger charge is -2.48. The zero-order valence-electron chi connectivity index (χ0n) is 24.0. The van der Waals surface area contributed by atoms with Gasteiger partial charge < -0.3 is 49.4 Å². The molecule has 3 rings (SSSR count). The largest absolute Gasteiger partial charge is 0.479 e. The van der Waals surface area contributed by atoms with E-state index in [0.717, 1.165) is 10.5 Å². The Morgan fingerprint density at radius 1 is 1.07 bits per heavy atom. The van der Waals surface area contributed by atoms with E-state index in [1.807, 2.05) is 30.3 Å². The number of hydrogen-bond donors (Lipinski definition) is 5. The summed E-state index contributed by atoms with van der Waals surface area (Å²) in [5.41, 5.74) is -6.25. The summed E-state index contributed by atoms with van der Waals surface area (Å²) in [7, 11) is 2.41. The maximum absolute atomic E-state index is 12.7. The first-order valence-electron chi connectivity index (χ1n) is 13.2. The van der Waals surface area contributed by atoms with Gasteiger partial charge in [-0.1, -0.05) is 43.8 Å². The maximum atomic E-state index is 12.7. The van der Waals surface area contributed by atoms with Crippen LogP contribution in [0.2, 0.25) is 0 Å². The van der Waals surface area contributed by atoms with E-state index >= 15 is 0 Å². The van der Waals surface area contributed by atoms with Gasteiger partial charge in [-0.2, -0.15) is 0 Å². The van der Waals surface area contributed by atoms with Gasteiger partial charge in [0.2, 0.25) is 17.5 Å². The van der Waals surface area contributed by atoms with E-state index in [4.69, 9.17) is 18.9 Å². The first-order valence-corrected chi connectivity index (χ1v) is 13.2. The van der Waals surface area contributed by atoms with Crippen molar-refractivity contribution in [3.63, 3.8) is 0 Å². The third-order valence-electron chi connectivity index (χ3n) is 7.60. The molecule has 1 aromatic carbocycles. The summed E-state index contributed by atoms with van der Waals surface area (Å²) in [6.07, 6.45) is -10.1. The van der Waals surface area contributed by atoms with Gasteiger partial charge >= 0.3 is 30.0 Å². The van der Waals surface area contributed by atoms with Gasteiger partial charge in [-0.25, -0.2) is 19.2 Å². The van der Waals surface area contributed by atoms with Crippen molar-refractivity contribution in [2.45, 2.75) is 74.5 Å². The summed E-state index contributed by atoms with van der Waals surface area (Å²) in [6, 6.07) is 9.25. The molecule has 5 N–H and O–H groups in total. The van der Waals surface area contributed by atoms with Crippen LogP contribution in [0, 0.1) is 5.92 Å². The maximum Gasteiger partial charge on any atom is 0.409 e. The van der Waals surface area contributed by atoms with Crippen molar-refractivity contribution >= 4 is 30.0 Å². The van der Waals surface area contributed by atoms with Crippen molar-refractivity contribution in [3.05, 3.63) is 48.0 Å². The number of aliphatic hydroxyl groups excluding tert-OH is 1. The van der Waals surface area contributed by atoms with E-state index in [0.29, 0.717) is 6.42 Å². The number of esters is 1. The molecule has 1 amide bonds. The molecule has 15 heteroatoms. The van der Waals surface area contributed by atoms with Gasteiger partial charge in [0, 0.05) is 33.4 Å². The van der Waals surface area contributed by atoms with E-state index in [1.54, 1.807) is 6.92 Å². The number of rotatable bonds is 12. The monoisotopic (exact) mass is 609 g/mol. The first kappa shape index (κ1) is 33.5. The Morgan fingerprint density at radius 2 is 1.67 bits per heavy atom. The number of aliphatic carboxylic acids is 3. The number of hydrogen-bond acceptors (Lipinski definition) is 11. The van der Waals surface area contributed by atoms with Crippen LogP contribution < -0.4 is 0 Å². The van der Waals surface area contributed by atoms with Crippen LogP contribution in [0.5, 0.6) is 0 Å². The number of nitrogens with zero attached hydrogens (tertiary/aromatic N) is 1. The Hall–Kier alpha value is -4.05. The fourth-order valence-corrected chi connectivity index (χ4v) is 5.51. The Bertz CT molecular complexity index is 1280. The van der Waals surface area contributed by atoms with Gasteiger partial charge in [0.15, 0.2) is 6.10 Å². The van der Waals surface area contributed by atoms with Crippen LogP contribution in [0.3, 0.4) is 0 Å². The quantitative estimate of drug-likeness (QED) is 0.160. The molecular weight excluding hydrogens is 574 g/mol. The number of amides is 1. The van der Waals surface area contributed by atoms with Crippen LogP contribution in [0.25, 0.3) is 0 Å². The summed E-state index contributed by atoms with van der Waals surface area (Å²) < 4.78 is 21.6. The Morgan fingerprint density at radius 3 is 2.16 bits per heavy atom. The number of carbonyl (C=O) groups is 5. The smallest absolute Gasteiger partial charge is 0.409 e. The molecule has 2 bridgehead atoms. The van der Waals surface area contributed by atoms with Crippen LogP contribution in [-0.2, 0) is 44.5 Å². The fourth-order valence-electron chi connectivity index (χ4n) is 5.51. The predicted molar refractivity (Wildman–Crippen MR) is 142 cm³/mol. The molecule has 0 aromatic heterocycles. The SMILES string of the molecule is C=C(CCC12OC(C(=O)O)C(O)(C(=O)O)C(C(=O)O)(O1)[C@H](OC(=O)N(C)C)[C@H]2O)[C@@H](OC(C)=O)[C@H](C)Cc1ccccc1. The van der Waals surface area contributed by atoms with Gasteiger partial charge in [-0.3, -0.25) is 4.79 Å². The minimum atomic E-state index is -3.88. The van der Waals surface area contributed by atoms with E-state index in [2.05, 4.69) is 6.58 Å².